The Bertz CT molecular complexity index is 461. The highest BCUT2D eigenvalue weighted by molar-refractivity contribution is 7.99. The lowest BCUT2D eigenvalue weighted by Crippen LogP contribution is -2.13. The molecule has 0 saturated carbocycles. The molecule has 0 spiro atoms. The molecule has 0 radical (unpaired) electrons. The number of thioether (sulfide) groups is 1. The number of carbonyl (C=O) groups is 1. The van der Waals surface area contributed by atoms with Crippen molar-refractivity contribution in [3.63, 3.8) is 0 Å². The van der Waals surface area contributed by atoms with Crippen molar-refractivity contribution in [1.82, 2.24) is 0 Å². The molecule has 0 aromatic heterocycles. The molecule has 1 aromatic carbocycles. The molecule has 1 fully saturated rings. The average Bonchev–Trinajstić information content (AvgIpc) is 2.81. The molecule has 1 N–H and O–H groups in total. The van der Waals surface area contributed by atoms with Gasteiger partial charge in [0.2, 0.25) is 0 Å². The molecule has 1 saturated heterocycles. The van der Waals surface area contributed by atoms with E-state index < -0.39 is 5.97 Å². The maximum atomic E-state index is 11.0. The third kappa shape index (κ3) is 3.42. The number of rotatable bonds is 5. The molecule has 2 unspecified atom stereocenters. The average molecular weight is 282 g/mol. The maximum Gasteiger partial charge on any atom is 0.339 e. The minimum Gasteiger partial charge on any atom is -0.496 e. The van der Waals surface area contributed by atoms with Gasteiger partial charge in [-0.15, -0.1) is 0 Å². The summed E-state index contributed by atoms with van der Waals surface area (Å²) < 4.78 is 10.7. The molecule has 4 nitrogen and oxygen atoms in total. The van der Waals surface area contributed by atoms with Crippen molar-refractivity contribution < 1.29 is 19.4 Å². The van der Waals surface area contributed by atoms with Gasteiger partial charge in [0.15, 0.2) is 0 Å². The summed E-state index contributed by atoms with van der Waals surface area (Å²) in [4.78, 5) is 11.0. The lowest BCUT2D eigenvalue weighted by Gasteiger charge is -2.14. The van der Waals surface area contributed by atoms with Crippen LogP contribution in [0.5, 0.6) is 5.75 Å². The van der Waals surface area contributed by atoms with E-state index in [1.165, 1.54) is 7.11 Å². The Morgan fingerprint density at radius 1 is 1.58 bits per heavy atom. The maximum absolute atomic E-state index is 11.0. The third-order valence-corrected chi connectivity index (χ3v) is 4.81. The quantitative estimate of drug-likeness (QED) is 0.900. The van der Waals surface area contributed by atoms with Crippen LogP contribution in [0.2, 0.25) is 0 Å². The molecule has 1 aliphatic heterocycles. The van der Waals surface area contributed by atoms with Gasteiger partial charge < -0.3 is 14.6 Å². The summed E-state index contributed by atoms with van der Waals surface area (Å²) in [7, 11) is 1.49. The molecular weight excluding hydrogens is 264 g/mol. The second-order valence-electron chi connectivity index (χ2n) is 4.55. The number of carboxylic acid groups (broad SMARTS) is 1. The topological polar surface area (TPSA) is 55.8 Å². The fourth-order valence-electron chi connectivity index (χ4n) is 2.14. The van der Waals surface area contributed by atoms with E-state index in [9.17, 15) is 4.79 Å². The van der Waals surface area contributed by atoms with Crippen LogP contribution in [-0.4, -0.2) is 36.1 Å². The zero-order chi connectivity index (χ0) is 13.8. The van der Waals surface area contributed by atoms with Gasteiger partial charge in [0.1, 0.15) is 11.3 Å². The lowest BCUT2D eigenvalue weighted by molar-refractivity contribution is 0.0693. The SMILES string of the molecule is COc1cc(CSC2CCOC2C)ccc1C(=O)O. The first-order valence-corrected chi connectivity index (χ1v) is 7.30. The molecule has 104 valence electrons. The largest absolute Gasteiger partial charge is 0.496 e. The minimum absolute atomic E-state index is 0.203. The molecule has 1 heterocycles. The van der Waals surface area contributed by atoms with E-state index in [1.807, 2.05) is 17.8 Å². The molecule has 2 rings (SSSR count). The second-order valence-corrected chi connectivity index (χ2v) is 5.78. The van der Waals surface area contributed by atoms with Gasteiger partial charge in [0.25, 0.3) is 0 Å². The van der Waals surface area contributed by atoms with Gasteiger partial charge in [0, 0.05) is 17.6 Å². The zero-order valence-electron chi connectivity index (χ0n) is 11.1. The molecule has 1 aliphatic rings. The Kier molecular flexibility index (Phi) is 4.71. The normalized spacial score (nSPS) is 22.4. The minimum atomic E-state index is -0.964. The molecular formula is C14H18O4S. The van der Waals surface area contributed by atoms with Gasteiger partial charge in [-0.25, -0.2) is 4.79 Å². The van der Waals surface area contributed by atoms with Gasteiger partial charge in [-0.3, -0.25) is 0 Å². The zero-order valence-corrected chi connectivity index (χ0v) is 11.9. The summed E-state index contributed by atoms with van der Waals surface area (Å²) in [5, 5.41) is 9.54. The van der Waals surface area contributed by atoms with E-state index in [4.69, 9.17) is 14.6 Å². The van der Waals surface area contributed by atoms with E-state index in [1.54, 1.807) is 12.1 Å². The number of methoxy groups -OCH3 is 1. The first-order chi connectivity index (χ1) is 9.11. The third-order valence-electron chi connectivity index (χ3n) is 3.27. The van der Waals surface area contributed by atoms with E-state index in [0.29, 0.717) is 17.1 Å². The standard InChI is InChI=1S/C14H18O4S/c1-9-13(5-6-18-9)19-8-10-3-4-11(14(15)16)12(7-10)17-2/h3-4,7,9,13H,5-6,8H2,1-2H3,(H,15,16). The van der Waals surface area contributed by atoms with Gasteiger partial charge >= 0.3 is 5.97 Å². The number of benzene rings is 1. The number of ether oxygens (including phenoxy) is 2. The molecule has 0 amide bonds. The van der Waals surface area contributed by atoms with E-state index in [2.05, 4.69) is 6.92 Å². The second kappa shape index (κ2) is 6.30. The Morgan fingerprint density at radius 3 is 2.95 bits per heavy atom. The lowest BCUT2D eigenvalue weighted by atomic mass is 10.1. The van der Waals surface area contributed by atoms with Crippen LogP contribution in [0.25, 0.3) is 0 Å². The van der Waals surface area contributed by atoms with E-state index in [-0.39, 0.29) is 5.56 Å². The highest BCUT2D eigenvalue weighted by Crippen LogP contribution is 2.30. The van der Waals surface area contributed by atoms with Gasteiger partial charge in [-0.1, -0.05) is 6.07 Å². The smallest absolute Gasteiger partial charge is 0.339 e. The number of carboxylic acids is 1. The van der Waals surface area contributed by atoms with Crippen LogP contribution in [-0.2, 0) is 10.5 Å². The Morgan fingerprint density at radius 2 is 2.37 bits per heavy atom. The van der Waals surface area contributed by atoms with E-state index >= 15 is 0 Å². The Balaban J connectivity index is 2.02. The molecule has 0 aliphatic carbocycles. The summed E-state index contributed by atoms with van der Waals surface area (Å²) in [5.74, 6) is 0.296. The van der Waals surface area contributed by atoms with Gasteiger partial charge in [-0.05, 0) is 31.0 Å². The van der Waals surface area contributed by atoms with Crippen molar-refractivity contribution in [2.45, 2.75) is 30.5 Å². The van der Waals surface area contributed by atoms with Gasteiger partial charge in [0.05, 0.1) is 13.2 Å². The van der Waals surface area contributed by atoms with Crippen LogP contribution in [0.1, 0.15) is 29.3 Å². The van der Waals surface area contributed by atoms with Crippen molar-refractivity contribution in [2.75, 3.05) is 13.7 Å². The van der Waals surface area contributed by atoms with E-state index in [0.717, 1.165) is 24.3 Å². The fraction of sp³-hybridized carbons (Fsp3) is 0.500. The van der Waals surface area contributed by atoms with Crippen LogP contribution in [0, 0.1) is 0 Å². The summed E-state index contributed by atoms with van der Waals surface area (Å²) >= 11 is 1.85. The van der Waals surface area contributed by atoms with Crippen LogP contribution >= 0.6 is 11.8 Å². The molecule has 1 aromatic rings. The summed E-state index contributed by atoms with van der Waals surface area (Å²) in [6, 6.07) is 5.25. The van der Waals surface area contributed by atoms with Crippen molar-refractivity contribution >= 4 is 17.7 Å². The molecule has 5 heteroatoms. The molecule has 2 atom stereocenters. The summed E-state index contributed by atoms with van der Waals surface area (Å²) in [6.07, 6.45) is 1.38. The number of aromatic carboxylic acids is 1. The first-order valence-electron chi connectivity index (χ1n) is 6.25. The highest BCUT2D eigenvalue weighted by atomic mass is 32.2. The predicted octanol–water partition coefficient (Wildman–Crippen LogP) is 2.80. The monoisotopic (exact) mass is 282 g/mol. The molecule has 19 heavy (non-hydrogen) atoms. The predicted molar refractivity (Wildman–Crippen MR) is 75.1 cm³/mol. The van der Waals surface area contributed by atoms with Crippen molar-refractivity contribution in [1.29, 1.82) is 0 Å². The summed E-state index contributed by atoms with van der Waals surface area (Å²) in [5.41, 5.74) is 1.28. The van der Waals surface area contributed by atoms with Crippen molar-refractivity contribution in [3.8, 4) is 5.75 Å². The Labute approximate surface area is 117 Å². The van der Waals surface area contributed by atoms with Crippen LogP contribution in [0.3, 0.4) is 0 Å². The number of hydrogen-bond donors (Lipinski definition) is 1. The van der Waals surface area contributed by atoms with Crippen molar-refractivity contribution in [2.24, 2.45) is 0 Å². The van der Waals surface area contributed by atoms with Crippen LogP contribution in [0.4, 0.5) is 0 Å². The Hall–Kier alpha value is -1.20. The van der Waals surface area contributed by atoms with Crippen molar-refractivity contribution in [3.05, 3.63) is 29.3 Å². The van der Waals surface area contributed by atoms with Crippen LogP contribution < -0.4 is 4.74 Å². The highest BCUT2D eigenvalue weighted by Gasteiger charge is 2.24. The fourth-order valence-corrected chi connectivity index (χ4v) is 3.33. The van der Waals surface area contributed by atoms with Gasteiger partial charge in [-0.2, -0.15) is 11.8 Å². The summed E-state index contributed by atoms with van der Waals surface area (Å²) in [6.45, 7) is 2.93. The number of hydrogen-bond acceptors (Lipinski definition) is 4. The first kappa shape index (κ1) is 14.2. The van der Waals surface area contributed by atoms with Crippen LogP contribution in [0.15, 0.2) is 18.2 Å². The molecule has 0 bridgehead atoms.